The fraction of sp³-hybridized carbons (Fsp3) is 0.167. The van der Waals surface area contributed by atoms with Gasteiger partial charge in [0.2, 0.25) is 5.13 Å². The van der Waals surface area contributed by atoms with Gasteiger partial charge in [-0.3, -0.25) is 0 Å². The number of aromatic nitrogens is 4. The lowest BCUT2D eigenvalue weighted by Crippen LogP contribution is -1.89. The molecule has 132 valence electrons. The molecule has 0 bridgehead atoms. The van der Waals surface area contributed by atoms with Gasteiger partial charge in [0, 0.05) is 23.8 Å². The molecule has 0 spiro atoms. The highest BCUT2D eigenvalue weighted by atomic mass is 32.2. The molecule has 0 atom stereocenters. The molecule has 0 saturated heterocycles. The Morgan fingerprint density at radius 2 is 2.04 bits per heavy atom. The molecule has 0 saturated carbocycles. The number of ether oxygens (including phenoxy) is 1. The summed E-state index contributed by atoms with van der Waals surface area (Å²) >= 11 is 3.17. The number of nitrogens with zero attached hydrogens (tertiary/aromatic N) is 4. The summed E-state index contributed by atoms with van der Waals surface area (Å²) in [5.74, 6) is 1.59. The molecule has 0 radical (unpaired) electrons. The molecule has 0 fully saturated rings. The van der Waals surface area contributed by atoms with E-state index in [2.05, 4.69) is 44.1 Å². The van der Waals surface area contributed by atoms with E-state index in [1.807, 2.05) is 36.5 Å². The van der Waals surface area contributed by atoms with E-state index in [9.17, 15) is 0 Å². The summed E-state index contributed by atoms with van der Waals surface area (Å²) in [5.41, 5.74) is 4.16. The first kappa shape index (κ1) is 16.9. The summed E-state index contributed by atoms with van der Waals surface area (Å²) < 4.78 is 8.13. The van der Waals surface area contributed by atoms with Gasteiger partial charge in [0.1, 0.15) is 11.4 Å². The molecule has 3 heterocycles. The van der Waals surface area contributed by atoms with Crippen LogP contribution in [-0.4, -0.2) is 26.7 Å². The summed E-state index contributed by atoms with van der Waals surface area (Å²) in [4.78, 5) is 4.69. The quantitative estimate of drug-likeness (QED) is 0.493. The van der Waals surface area contributed by atoms with Crippen molar-refractivity contribution in [2.45, 2.75) is 17.0 Å². The van der Waals surface area contributed by atoms with Crippen LogP contribution in [0.2, 0.25) is 0 Å². The average Bonchev–Trinajstić information content (AvgIpc) is 3.28. The third-order valence-electron chi connectivity index (χ3n) is 3.82. The second-order valence-electron chi connectivity index (χ2n) is 5.67. The number of methoxy groups -OCH3 is 1. The Labute approximate surface area is 159 Å². The first-order chi connectivity index (χ1) is 12.7. The lowest BCUT2D eigenvalue weighted by molar-refractivity contribution is 0.415. The second-order valence-corrected chi connectivity index (χ2v) is 7.87. The molecular formula is C18H17N5OS2. The van der Waals surface area contributed by atoms with E-state index >= 15 is 0 Å². The minimum Gasteiger partial charge on any atom is -0.497 e. The Hall–Kier alpha value is -2.58. The second kappa shape index (κ2) is 7.35. The van der Waals surface area contributed by atoms with Crippen LogP contribution in [0.1, 0.15) is 11.3 Å². The van der Waals surface area contributed by atoms with Crippen molar-refractivity contribution in [2.24, 2.45) is 0 Å². The maximum atomic E-state index is 5.16. The van der Waals surface area contributed by atoms with Crippen molar-refractivity contribution >= 4 is 39.6 Å². The number of hydrogen-bond acceptors (Lipinski definition) is 7. The van der Waals surface area contributed by atoms with Gasteiger partial charge in [-0.25, -0.2) is 4.98 Å². The molecule has 26 heavy (non-hydrogen) atoms. The summed E-state index contributed by atoms with van der Waals surface area (Å²) in [5, 5.41) is 12.5. The molecule has 0 unspecified atom stereocenters. The van der Waals surface area contributed by atoms with Crippen LogP contribution in [0.5, 0.6) is 5.75 Å². The number of imidazole rings is 1. The highest BCUT2D eigenvalue weighted by molar-refractivity contribution is 8.00. The Morgan fingerprint density at radius 1 is 1.19 bits per heavy atom. The summed E-state index contributed by atoms with van der Waals surface area (Å²) in [6, 6.07) is 11.8. The van der Waals surface area contributed by atoms with Crippen molar-refractivity contribution in [2.75, 3.05) is 12.4 Å². The van der Waals surface area contributed by atoms with Gasteiger partial charge in [-0.15, -0.1) is 10.2 Å². The van der Waals surface area contributed by atoms with Crippen LogP contribution in [0.25, 0.3) is 5.65 Å². The Morgan fingerprint density at radius 3 is 2.81 bits per heavy atom. The van der Waals surface area contributed by atoms with Crippen LogP contribution in [0.15, 0.2) is 53.1 Å². The van der Waals surface area contributed by atoms with Crippen LogP contribution in [0.3, 0.4) is 0 Å². The van der Waals surface area contributed by atoms with Gasteiger partial charge in [0.25, 0.3) is 0 Å². The monoisotopic (exact) mass is 383 g/mol. The smallest absolute Gasteiger partial charge is 0.210 e. The lowest BCUT2D eigenvalue weighted by atomic mass is 10.3. The molecule has 8 heteroatoms. The van der Waals surface area contributed by atoms with Crippen LogP contribution in [-0.2, 0) is 5.75 Å². The molecule has 3 aromatic heterocycles. The maximum absolute atomic E-state index is 5.16. The first-order valence-corrected chi connectivity index (χ1v) is 9.82. The van der Waals surface area contributed by atoms with Gasteiger partial charge >= 0.3 is 0 Å². The molecule has 6 nitrogen and oxygen atoms in total. The van der Waals surface area contributed by atoms with Crippen molar-refractivity contribution in [3.63, 3.8) is 0 Å². The van der Waals surface area contributed by atoms with E-state index in [1.54, 1.807) is 18.9 Å². The zero-order valence-electron chi connectivity index (χ0n) is 14.3. The zero-order chi connectivity index (χ0) is 17.9. The lowest BCUT2D eigenvalue weighted by Gasteiger charge is -2.03. The topological polar surface area (TPSA) is 64.3 Å². The van der Waals surface area contributed by atoms with Gasteiger partial charge in [0.15, 0.2) is 4.34 Å². The largest absolute Gasteiger partial charge is 0.497 e. The number of benzene rings is 1. The Kier molecular flexibility index (Phi) is 4.77. The predicted molar refractivity (Wildman–Crippen MR) is 106 cm³/mol. The average molecular weight is 384 g/mol. The molecule has 1 N–H and O–H groups in total. The number of fused-ring (bicyclic) bond motifs is 1. The minimum atomic E-state index is 0.762. The molecule has 0 aliphatic carbocycles. The number of pyridine rings is 1. The fourth-order valence-corrected chi connectivity index (χ4v) is 4.18. The number of rotatable bonds is 6. The van der Waals surface area contributed by atoms with Gasteiger partial charge in [-0.05, 0) is 42.8 Å². The predicted octanol–water partition coefficient (Wildman–Crippen LogP) is 4.54. The van der Waals surface area contributed by atoms with Crippen molar-refractivity contribution in [1.29, 1.82) is 0 Å². The third kappa shape index (κ3) is 3.66. The van der Waals surface area contributed by atoms with Crippen LogP contribution >= 0.6 is 23.1 Å². The molecule has 1 aromatic carbocycles. The van der Waals surface area contributed by atoms with Crippen LogP contribution in [0, 0.1) is 6.92 Å². The van der Waals surface area contributed by atoms with E-state index in [4.69, 9.17) is 4.74 Å². The molecule has 0 aliphatic rings. The van der Waals surface area contributed by atoms with Gasteiger partial charge < -0.3 is 14.5 Å². The fourth-order valence-electron chi connectivity index (χ4n) is 2.53. The van der Waals surface area contributed by atoms with Crippen LogP contribution < -0.4 is 10.1 Å². The maximum Gasteiger partial charge on any atom is 0.210 e. The number of thioether (sulfide) groups is 1. The van der Waals surface area contributed by atoms with Gasteiger partial charge in [-0.1, -0.05) is 29.2 Å². The van der Waals surface area contributed by atoms with E-state index in [0.717, 1.165) is 38.0 Å². The summed E-state index contributed by atoms with van der Waals surface area (Å²) in [7, 11) is 1.65. The first-order valence-electron chi connectivity index (χ1n) is 8.02. The third-order valence-corrected chi connectivity index (χ3v) is 5.82. The zero-order valence-corrected chi connectivity index (χ0v) is 16.0. The summed E-state index contributed by atoms with van der Waals surface area (Å²) in [6.45, 7) is 2.07. The van der Waals surface area contributed by atoms with Gasteiger partial charge in [-0.2, -0.15) is 0 Å². The standard InChI is InChI=1S/C18H17N5OS2/c1-12-4-3-9-23-10-14(19-16(12)23)11-25-18-22-21-17(26-18)20-13-5-7-15(24-2)8-6-13/h3-10H,11H2,1-2H3,(H,20,21). The van der Waals surface area contributed by atoms with E-state index in [1.165, 1.54) is 16.9 Å². The molecule has 4 aromatic rings. The molecular weight excluding hydrogens is 366 g/mol. The number of nitrogens with one attached hydrogen (secondary N) is 1. The minimum absolute atomic E-state index is 0.762. The van der Waals surface area contributed by atoms with E-state index < -0.39 is 0 Å². The number of hydrogen-bond donors (Lipinski definition) is 1. The highest BCUT2D eigenvalue weighted by Gasteiger charge is 2.08. The molecule has 0 aliphatic heterocycles. The number of aryl methyl sites for hydroxylation is 1. The van der Waals surface area contributed by atoms with E-state index in [0.29, 0.717) is 0 Å². The van der Waals surface area contributed by atoms with Crippen molar-refractivity contribution in [3.8, 4) is 5.75 Å². The molecule has 0 amide bonds. The normalized spacial score (nSPS) is 11.0. The van der Waals surface area contributed by atoms with Crippen molar-refractivity contribution in [3.05, 3.63) is 60.0 Å². The van der Waals surface area contributed by atoms with Crippen molar-refractivity contribution in [1.82, 2.24) is 19.6 Å². The highest BCUT2D eigenvalue weighted by Crippen LogP contribution is 2.30. The number of anilines is 2. The molecule has 4 rings (SSSR count). The summed E-state index contributed by atoms with van der Waals surface area (Å²) in [6.07, 6.45) is 4.08. The Bertz CT molecular complexity index is 1030. The van der Waals surface area contributed by atoms with Crippen LogP contribution in [0.4, 0.5) is 10.8 Å². The Balaban J connectivity index is 1.40. The van der Waals surface area contributed by atoms with E-state index in [-0.39, 0.29) is 0 Å². The van der Waals surface area contributed by atoms with Crippen molar-refractivity contribution < 1.29 is 4.74 Å². The van der Waals surface area contributed by atoms with Gasteiger partial charge in [0.05, 0.1) is 12.8 Å². The SMILES string of the molecule is COc1ccc(Nc2nnc(SCc3cn4cccc(C)c4n3)s2)cc1.